The molecule has 1 aliphatic carbocycles. The van der Waals surface area contributed by atoms with E-state index in [9.17, 15) is 0 Å². The second kappa shape index (κ2) is 5.27. The number of imidazole rings is 1. The highest BCUT2D eigenvalue weighted by Crippen LogP contribution is 2.39. The zero-order chi connectivity index (χ0) is 17.0. The summed E-state index contributed by atoms with van der Waals surface area (Å²) in [6, 6.07) is 4.84. The minimum absolute atomic E-state index is 0.577. The number of hydrogen-bond donors (Lipinski definition) is 1. The number of nitrogens with zero attached hydrogens (tertiary/aromatic N) is 6. The second-order valence-corrected chi connectivity index (χ2v) is 6.49. The van der Waals surface area contributed by atoms with E-state index in [1.165, 1.54) is 12.8 Å². The maximum Gasteiger partial charge on any atom is 0.177 e. The molecule has 7 nitrogen and oxygen atoms in total. The third-order valence-corrected chi connectivity index (χ3v) is 4.74. The van der Waals surface area contributed by atoms with Crippen molar-refractivity contribution in [1.29, 1.82) is 0 Å². The minimum Gasteiger partial charge on any atom is -0.368 e. The molecule has 0 atom stereocenters. The number of aryl methyl sites for hydroxylation is 1. The first-order chi connectivity index (χ1) is 12.3. The SMILES string of the molecule is CCNc1ncnn2ccc(-c3cnc4nc(C)n(C5CC5)c4c3)c12. The molecule has 4 aromatic heterocycles. The van der Waals surface area contributed by atoms with Gasteiger partial charge in [-0.3, -0.25) is 0 Å². The molecule has 0 amide bonds. The van der Waals surface area contributed by atoms with Gasteiger partial charge in [-0.1, -0.05) is 0 Å². The first-order valence-electron chi connectivity index (χ1n) is 8.67. The van der Waals surface area contributed by atoms with Gasteiger partial charge in [0.1, 0.15) is 17.7 Å². The van der Waals surface area contributed by atoms with Crippen molar-refractivity contribution in [2.24, 2.45) is 0 Å². The summed E-state index contributed by atoms with van der Waals surface area (Å²) < 4.78 is 4.18. The van der Waals surface area contributed by atoms with Gasteiger partial charge in [-0.05, 0) is 38.8 Å². The first kappa shape index (κ1) is 14.4. The third kappa shape index (κ3) is 2.19. The van der Waals surface area contributed by atoms with E-state index in [4.69, 9.17) is 0 Å². The summed E-state index contributed by atoms with van der Waals surface area (Å²) in [5.74, 6) is 1.88. The number of rotatable bonds is 4. The number of nitrogens with one attached hydrogen (secondary N) is 1. The summed E-state index contributed by atoms with van der Waals surface area (Å²) in [5, 5.41) is 7.64. The predicted molar refractivity (Wildman–Crippen MR) is 96.7 cm³/mol. The molecule has 0 radical (unpaired) electrons. The molecule has 0 unspecified atom stereocenters. The van der Waals surface area contributed by atoms with Crippen LogP contribution in [0.4, 0.5) is 5.82 Å². The van der Waals surface area contributed by atoms with Crippen molar-refractivity contribution in [3.05, 3.63) is 36.7 Å². The number of hydrogen-bond acceptors (Lipinski definition) is 5. The van der Waals surface area contributed by atoms with Gasteiger partial charge in [0, 0.05) is 36.1 Å². The van der Waals surface area contributed by atoms with Crippen molar-refractivity contribution in [1.82, 2.24) is 29.1 Å². The van der Waals surface area contributed by atoms with E-state index < -0.39 is 0 Å². The molecule has 25 heavy (non-hydrogen) atoms. The number of fused-ring (bicyclic) bond motifs is 2. The summed E-state index contributed by atoms with van der Waals surface area (Å²) in [7, 11) is 0. The summed E-state index contributed by atoms with van der Waals surface area (Å²) in [6.45, 7) is 4.93. The van der Waals surface area contributed by atoms with Crippen molar-refractivity contribution in [3.8, 4) is 11.1 Å². The van der Waals surface area contributed by atoms with Crippen LogP contribution in [0.25, 0.3) is 27.8 Å². The van der Waals surface area contributed by atoms with Crippen LogP contribution in [0.15, 0.2) is 30.9 Å². The van der Waals surface area contributed by atoms with E-state index in [0.717, 1.165) is 46.0 Å². The Kier molecular flexibility index (Phi) is 3.03. The Morgan fingerprint density at radius 2 is 2.16 bits per heavy atom. The van der Waals surface area contributed by atoms with Crippen LogP contribution in [-0.4, -0.2) is 35.7 Å². The van der Waals surface area contributed by atoms with Crippen LogP contribution in [0.1, 0.15) is 31.6 Å². The van der Waals surface area contributed by atoms with Gasteiger partial charge >= 0.3 is 0 Å². The van der Waals surface area contributed by atoms with Crippen LogP contribution in [0, 0.1) is 6.92 Å². The summed E-state index contributed by atoms with van der Waals surface area (Å²) in [4.78, 5) is 13.6. The van der Waals surface area contributed by atoms with Crippen LogP contribution >= 0.6 is 0 Å². The Bertz CT molecular complexity index is 1090. The van der Waals surface area contributed by atoms with E-state index in [1.807, 2.05) is 16.9 Å². The first-order valence-corrected chi connectivity index (χ1v) is 8.67. The van der Waals surface area contributed by atoms with Crippen molar-refractivity contribution < 1.29 is 0 Å². The fraction of sp³-hybridized carbons (Fsp3) is 0.333. The Morgan fingerprint density at radius 1 is 1.28 bits per heavy atom. The van der Waals surface area contributed by atoms with Gasteiger partial charge in [-0.15, -0.1) is 0 Å². The standard InChI is InChI=1S/C18H19N7/c1-3-19-18-16-14(6-7-24(16)22-10-21-18)12-8-15-17(20-9-12)23-11(2)25(15)13-4-5-13/h6-10,13H,3-5H2,1-2H3,(H,19,21,22). The Balaban J connectivity index is 1.73. The average Bonchev–Trinajstić information content (AvgIpc) is 3.25. The molecule has 0 bridgehead atoms. The Labute approximate surface area is 144 Å². The molecule has 1 aliphatic rings. The summed E-state index contributed by atoms with van der Waals surface area (Å²) in [5.41, 5.74) is 5.04. The van der Waals surface area contributed by atoms with E-state index in [0.29, 0.717) is 6.04 Å². The molecule has 7 heteroatoms. The predicted octanol–water partition coefficient (Wildman–Crippen LogP) is 3.22. The van der Waals surface area contributed by atoms with Crippen molar-refractivity contribution in [2.75, 3.05) is 11.9 Å². The molecule has 5 rings (SSSR count). The van der Waals surface area contributed by atoms with E-state index >= 15 is 0 Å². The van der Waals surface area contributed by atoms with Crippen LogP contribution in [0.5, 0.6) is 0 Å². The van der Waals surface area contributed by atoms with Gasteiger partial charge < -0.3 is 9.88 Å². The monoisotopic (exact) mass is 333 g/mol. The van der Waals surface area contributed by atoms with Crippen LogP contribution < -0.4 is 5.32 Å². The lowest BCUT2D eigenvalue weighted by molar-refractivity contribution is 0.734. The lowest BCUT2D eigenvalue weighted by Crippen LogP contribution is -2.03. The van der Waals surface area contributed by atoms with Crippen LogP contribution in [-0.2, 0) is 0 Å². The van der Waals surface area contributed by atoms with Crippen LogP contribution in [0.2, 0.25) is 0 Å². The molecule has 0 spiro atoms. The van der Waals surface area contributed by atoms with Gasteiger partial charge in [0.15, 0.2) is 11.5 Å². The number of aromatic nitrogens is 6. The van der Waals surface area contributed by atoms with E-state index in [1.54, 1.807) is 6.33 Å². The molecule has 1 N–H and O–H groups in total. The van der Waals surface area contributed by atoms with Crippen molar-refractivity contribution in [3.63, 3.8) is 0 Å². The lowest BCUT2D eigenvalue weighted by atomic mass is 10.1. The van der Waals surface area contributed by atoms with Gasteiger partial charge in [-0.2, -0.15) is 5.10 Å². The molecular weight excluding hydrogens is 314 g/mol. The number of anilines is 1. The Morgan fingerprint density at radius 3 is 2.96 bits per heavy atom. The van der Waals surface area contributed by atoms with Gasteiger partial charge in [0.25, 0.3) is 0 Å². The highest BCUT2D eigenvalue weighted by atomic mass is 15.2. The molecule has 126 valence electrons. The molecule has 0 saturated heterocycles. The van der Waals surface area contributed by atoms with Gasteiger partial charge in [0.2, 0.25) is 0 Å². The molecular formula is C18H19N7. The molecule has 4 aromatic rings. The maximum atomic E-state index is 4.62. The Hall–Kier alpha value is -2.96. The molecule has 1 fully saturated rings. The summed E-state index contributed by atoms with van der Waals surface area (Å²) in [6.07, 6.45) is 7.88. The number of pyridine rings is 1. The topological polar surface area (TPSA) is 72.9 Å². The zero-order valence-electron chi connectivity index (χ0n) is 14.3. The fourth-order valence-electron chi connectivity index (χ4n) is 3.52. The van der Waals surface area contributed by atoms with Gasteiger partial charge in [0.05, 0.1) is 5.52 Å². The highest BCUT2D eigenvalue weighted by Gasteiger charge is 2.27. The molecule has 0 aromatic carbocycles. The molecule has 4 heterocycles. The zero-order valence-corrected chi connectivity index (χ0v) is 14.3. The van der Waals surface area contributed by atoms with Crippen molar-refractivity contribution in [2.45, 2.75) is 32.7 Å². The van der Waals surface area contributed by atoms with E-state index in [2.05, 4.69) is 55.9 Å². The minimum atomic E-state index is 0.577. The second-order valence-electron chi connectivity index (χ2n) is 6.49. The maximum absolute atomic E-state index is 4.62. The molecule has 0 aliphatic heterocycles. The fourth-order valence-corrected chi connectivity index (χ4v) is 3.52. The van der Waals surface area contributed by atoms with Gasteiger partial charge in [-0.25, -0.2) is 19.5 Å². The third-order valence-electron chi connectivity index (χ3n) is 4.74. The molecule has 1 saturated carbocycles. The quantitative estimate of drug-likeness (QED) is 0.621. The lowest BCUT2D eigenvalue weighted by Gasteiger charge is -2.08. The highest BCUT2D eigenvalue weighted by molar-refractivity contribution is 5.90. The summed E-state index contributed by atoms with van der Waals surface area (Å²) >= 11 is 0. The van der Waals surface area contributed by atoms with Crippen LogP contribution in [0.3, 0.4) is 0 Å². The normalized spacial score (nSPS) is 14.5. The average molecular weight is 333 g/mol. The largest absolute Gasteiger partial charge is 0.368 e. The van der Waals surface area contributed by atoms with E-state index in [-0.39, 0.29) is 0 Å². The van der Waals surface area contributed by atoms with Crippen molar-refractivity contribution >= 4 is 22.5 Å². The smallest absolute Gasteiger partial charge is 0.177 e.